The second kappa shape index (κ2) is 9.82. The third-order valence-corrected chi connectivity index (χ3v) is 7.32. The van der Waals surface area contributed by atoms with E-state index in [0.717, 1.165) is 6.42 Å². The first-order chi connectivity index (χ1) is 13.3. The van der Waals surface area contributed by atoms with Crippen molar-refractivity contribution >= 4 is 40.8 Å². The van der Waals surface area contributed by atoms with Crippen LogP contribution in [0.1, 0.15) is 16.7 Å². The zero-order chi connectivity index (χ0) is 18.5. The third kappa shape index (κ3) is 4.79. The van der Waals surface area contributed by atoms with Gasteiger partial charge in [0.15, 0.2) is 0 Å². The first kappa shape index (κ1) is 20.5. The van der Waals surface area contributed by atoms with Gasteiger partial charge in [-0.3, -0.25) is 0 Å². The number of aryl methyl sites for hydroxylation is 1. The van der Waals surface area contributed by atoms with Crippen molar-refractivity contribution in [1.29, 1.82) is 0 Å². The van der Waals surface area contributed by atoms with Crippen molar-refractivity contribution in [3.8, 4) is 0 Å². The molecular formula is C26H24BrP. The summed E-state index contributed by atoms with van der Waals surface area (Å²) in [4.78, 5) is 0. The highest BCUT2D eigenvalue weighted by Gasteiger charge is 2.19. The molecule has 28 heavy (non-hydrogen) atoms. The Morgan fingerprint density at radius 1 is 0.571 bits per heavy atom. The predicted octanol–water partition coefficient (Wildman–Crippen LogP) is 5.92. The van der Waals surface area contributed by atoms with Crippen LogP contribution in [0.3, 0.4) is 0 Å². The van der Waals surface area contributed by atoms with Crippen LogP contribution in [0.25, 0.3) is 0 Å². The minimum atomic E-state index is -0.569. The molecule has 140 valence electrons. The SMILES string of the molecule is Br.Cc1ccc(Cc2ccccc2P(c2ccccc2)c2ccccc2)cc1. The van der Waals surface area contributed by atoms with E-state index in [4.69, 9.17) is 0 Å². The Hall–Kier alpha value is -2.21. The number of rotatable bonds is 5. The Bertz CT molecular complexity index is 956. The molecule has 4 aromatic carbocycles. The molecule has 0 bridgehead atoms. The van der Waals surface area contributed by atoms with Crippen molar-refractivity contribution in [3.63, 3.8) is 0 Å². The molecule has 0 atom stereocenters. The maximum absolute atomic E-state index is 2.31. The first-order valence-corrected chi connectivity index (χ1v) is 10.7. The zero-order valence-electron chi connectivity index (χ0n) is 16.0. The lowest BCUT2D eigenvalue weighted by Gasteiger charge is -2.22. The van der Waals surface area contributed by atoms with Crippen LogP contribution in [0.5, 0.6) is 0 Å². The molecule has 0 heterocycles. The highest BCUT2D eigenvalue weighted by Crippen LogP contribution is 2.34. The lowest BCUT2D eigenvalue weighted by atomic mass is 10.0. The second-order valence-electron chi connectivity index (χ2n) is 6.80. The molecule has 0 N–H and O–H groups in total. The van der Waals surface area contributed by atoms with Crippen molar-refractivity contribution in [2.24, 2.45) is 0 Å². The summed E-state index contributed by atoms with van der Waals surface area (Å²) >= 11 is 0. The van der Waals surface area contributed by atoms with Gasteiger partial charge in [-0.15, -0.1) is 17.0 Å². The second-order valence-corrected chi connectivity index (χ2v) is 8.98. The van der Waals surface area contributed by atoms with Crippen LogP contribution in [-0.2, 0) is 6.42 Å². The van der Waals surface area contributed by atoms with Gasteiger partial charge in [-0.1, -0.05) is 115 Å². The van der Waals surface area contributed by atoms with E-state index in [2.05, 4.69) is 116 Å². The van der Waals surface area contributed by atoms with Crippen LogP contribution in [0.15, 0.2) is 109 Å². The Labute approximate surface area is 179 Å². The molecule has 0 saturated heterocycles. The zero-order valence-corrected chi connectivity index (χ0v) is 18.6. The van der Waals surface area contributed by atoms with Gasteiger partial charge in [-0.05, 0) is 48.3 Å². The van der Waals surface area contributed by atoms with E-state index in [9.17, 15) is 0 Å². The summed E-state index contributed by atoms with van der Waals surface area (Å²) in [5, 5.41) is 4.25. The van der Waals surface area contributed by atoms with Crippen molar-refractivity contribution in [2.75, 3.05) is 0 Å². The molecule has 4 rings (SSSR count). The fourth-order valence-corrected chi connectivity index (χ4v) is 5.86. The molecule has 0 aliphatic rings. The third-order valence-electron chi connectivity index (χ3n) is 4.78. The predicted molar refractivity (Wildman–Crippen MR) is 129 cm³/mol. The van der Waals surface area contributed by atoms with E-state index in [1.807, 2.05) is 0 Å². The summed E-state index contributed by atoms with van der Waals surface area (Å²) in [6.07, 6.45) is 0.967. The molecule has 0 aliphatic heterocycles. The lowest BCUT2D eigenvalue weighted by Crippen LogP contribution is -2.23. The number of halogens is 1. The normalized spacial score (nSPS) is 10.5. The van der Waals surface area contributed by atoms with Crippen molar-refractivity contribution < 1.29 is 0 Å². The van der Waals surface area contributed by atoms with Gasteiger partial charge in [0.05, 0.1) is 0 Å². The van der Waals surface area contributed by atoms with E-state index in [0.29, 0.717) is 0 Å². The largest absolute Gasteiger partial charge is 0.114 e. The Morgan fingerprint density at radius 2 is 1.07 bits per heavy atom. The lowest BCUT2D eigenvalue weighted by molar-refractivity contribution is 1.20. The van der Waals surface area contributed by atoms with Gasteiger partial charge in [-0.2, -0.15) is 0 Å². The monoisotopic (exact) mass is 446 g/mol. The van der Waals surface area contributed by atoms with Gasteiger partial charge in [-0.25, -0.2) is 0 Å². The van der Waals surface area contributed by atoms with Gasteiger partial charge in [0, 0.05) is 0 Å². The summed E-state index contributed by atoms with van der Waals surface area (Å²) < 4.78 is 0. The summed E-state index contributed by atoms with van der Waals surface area (Å²) in [5.41, 5.74) is 4.09. The van der Waals surface area contributed by atoms with Gasteiger partial charge < -0.3 is 0 Å². The molecule has 0 amide bonds. The maximum atomic E-state index is 2.31. The molecule has 0 nitrogen and oxygen atoms in total. The fourth-order valence-electron chi connectivity index (χ4n) is 3.39. The highest BCUT2D eigenvalue weighted by atomic mass is 79.9. The molecule has 0 fully saturated rings. The maximum Gasteiger partial charge on any atom is -0.00192 e. The Kier molecular flexibility index (Phi) is 7.20. The minimum Gasteiger partial charge on any atom is -0.114 e. The molecule has 2 heteroatoms. The standard InChI is InChI=1S/C26H23P.BrH/c1-21-16-18-22(19-17-21)20-23-10-8-9-15-26(23)27(24-11-4-2-5-12-24)25-13-6-3-7-14-25;/h2-19H,20H2,1H3;1H. The van der Waals surface area contributed by atoms with Crippen LogP contribution < -0.4 is 15.9 Å². The van der Waals surface area contributed by atoms with Crippen LogP contribution in [-0.4, -0.2) is 0 Å². The molecular weight excluding hydrogens is 423 g/mol. The molecule has 0 aliphatic carbocycles. The van der Waals surface area contributed by atoms with Gasteiger partial charge >= 0.3 is 0 Å². The van der Waals surface area contributed by atoms with E-state index in [-0.39, 0.29) is 17.0 Å². The average Bonchev–Trinajstić information content (AvgIpc) is 2.73. The van der Waals surface area contributed by atoms with E-state index in [1.165, 1.54) is 32.6 Å². The summed E-state index contributed by atoms with van der Waals surface area (Å²) in [7, 11) is -0.569. The smallest absolute Gasteiger partial charge is 0.00192 e. The molecule has 0 radical (unpaired) electrons. The van der Waals surface area contributed by atoms with E-state index >= 15 is 0 Å². The van der Waals surface area contributed by atoms with Crippen molar-refractivity contribution in [2.45, 2.75) is 13.3 Å². The topological polar surface area (TPSA) is 0 Å². The van der Waals surface area contributed by atoms with Crippen molar-refractivity contribution in [1.82, 2.24) is 0 Å². The van der Waals surface area contributed by atoms with Gasteiger partial charge in [0.2, 0.25) is 0 Å². The van der Waals surface area contributed by atoms with Crippen molar-refractivity contribution in [3.05, 3.63) is 126 Å². The quantitative estimate of drug-likeness (QED) is 0.333. The fraction of sp³-hybridized carbons (Fsp3) is 0.0769. The summed E-state index contributed by atoms with van der Waals surface area (Å²) in [6, 6.07) is 39.7. The Balaban J connectivity index is 0.00000225. The van der Waals surface area contributed by atoms with Crippen LogP contribution in [0.2, 0.25) is 0 Å². The number of hydrogen-bond donors (Lipinski definition) is 0. The molecule has 0 aromatic heterocycles. The van der Waals surface area contributed by atoms with E-state index in [1.54, 1.807) is 0 Å². The Morgan fingerprint density at radius 3 is 1.64 bits per heavy atom. The number of benzene rings is 4. The number of hydrogen-bond acceptors (Lipinski definition) is 0. The molecule has 4 aromatic rings. The molecule has 0 unspecified atom stereocenters. The van der Waals surface area contributed by atoms with Crippen LogP contribution >= 0.6 is 24.9 Å². The molecule has 0 saturated carbocycles. The molecule has 0 spiro atoms. The minimum absolute atomic E-state index is 0. The first-order valence-electron chi connectivity index (χ1n) is 9.35. The van der Waals surface area contributed by atoms with Gasteiger partial charge in [0.1, 0.15) is 0 Å². The van der Waals surface area contributed by atoms with Gasteiger partial charge in [0.25, 0.3) is 0 Å². The summed E-state index contributed by atoms with van der Waals surface area (Å²) in [5.74, 6) is 0. The van der Waals surface area contributed by atoms with E-state index < -0.39 is 7.92 Å². The van der Waals surface area contributed by atoms with Crippen LogP contribution in [0, 0.1) is 6.92 Å². The summed E-state index contributed by atoms with van der Waals surface area (Å²) in [6.45, 7) is 2.14. The van der Waals surface area contributed by atoms with Crippen LogP contribution in [0.4, 0.5) is 0 Å². The highest BCUT2D eigenvalue weighted by molar-refractivity contribution is 8.93. The average molecular weight is 447 g/mol.